The third kappa shape index (κ3) is 23.4. The lowest BCUT2D eigenvalue weighted by atomic mass is 10.0. The second-order valence-corrected chi connectivity index (χ2v) is 13.9. The van der Waals surface area contributed by atoms with Gasteiger partial charge in [0.15, 0.2) is 11.7 Å². The fourth-order valence-electron chi connectivity index (χ4n) is 5.70. The lowest BCUT2D eigenvalue weighted by Crippen LogP contribution is -2.57. The van der Waals surface area contributed by atoms with Crippen LogP contribution in [-0.4, -0.2) is 150 Å². The number of Topliss-reactive ketones (excluding diaryl/α,β-unsaturated/α-hetero) is 1. The minimum atomic E-state index is -1.12. The van der Waals surface area contributed by atoms with E-state index in [2.05, 4.69) is 36.9 Å². The monoisotopic (exact) mass is 848 g/mol. The summed E-state index contributed by atoms with van der Waals surface area (Å²) in [6, 6.07) is 4.60. The van der Waals surface area contributed by atoms with Crippen LogP contribution in [0.5, 0.6) is 0 Å². The Morgan fingerprint density at radius 2 is 1.33 bits per heavy atom. The Bertz CT molecular complexity index is 1510. The third-order valence-electron chi connectivity index (χ3n) is 8.84. The molecule has 1 aromatic carbocycles. The number of hydrogen-bond donors (Lipinski definition) is 9. The minimum Gasteiger partial charge on any atom is -0.378 e. The molecular weight excluding hydrogens is 784 g/mol. The number of rotatable bonds is 27. The molecule has 12 N–H and O–H groups in total. The van der Waals surface area contributed by atoms with Crippen LogP contribution >= 0.6 is 0 Å². The SMILES string of the molecule is C[C@H]1NC(=O)CNC(=O)[C@H](CCCN=C(N)N)NC(=O)C(CCCCCC(=O)COCCOCCNC(=O)COCCOCCN)NC(=O)[C@H](Cc2ccccc2)NC1=O. The van der Waals surface area contributed by atoms with Gasteiger partial charge in [-0.05, 0) is 38.2 Å². The standard InChI is InChI=1S/C39H64N10O11/c1-27-35(53)49-32(23-28-9-4-2-5-10-28)38(56)48-31(37(55)47-30(13-8-15-44-39(41)42)36(54)45-24-33(51)46-27)12-7-3-6-11-29(50)25-59-21-20-58-18-16-43-34(52)26-60-22-19-57-17-14-40/h2,4-5,9-10,27,30-32H,3,6-8,11-26,40H2,1H3,(H,43,52)(H,45,54)(H,46,51)(H,47,55)(H,48,56)(H,49,53)(H4,41,42,44)/t27-,30+,31?,32+/m1/s1. The van der Waals surface area contributed by atoms with Gasteiger partial charge in [0.2, 0.25) is 35.4 Å². The highest BCUT2D eigenvalue weighted by Gasteiger charge is 2.31. The second-order valence-electron chi connectivity index (χ2n) is 13.9. The van der Waals surface area contributed by atoms with Crippen molar-refractivity contribution in [3.8, 4) is 0 Å². The maximum atomic E-state index is 13.8. The number of ketones is 1. The van der Waals surface area contributed by atoms with Gasteiger partial charge in [0.05, 0.1) is 46.2 Å². The van der Waals surface area contributed by atoms with Gasteiger partial charge in [0, 0.05) is 32.5 Å². The highest BCUT2D eigenvalue weighted by atomic mass is 16.5. The van der Waals surface area contributed by atoms with Crippen molar-refractivity contribution in [1.29, 1.82) is 0 Å². The number of carbonyl (C=O) groups is 7. The summed E-state index contributed by atoms with van der Waals surface area (Å²) in [5.74, 6) is -3.75. The molecule has 21 heteroatoms. The summed E-state index contributed by atoms with van der Waals surface area (Å²) in [7, 11) is 0. The van der Waals surface area contributed by atoms with Crippen molar-refractivity contribution < 1.29 is 52.5 Å². The molecule has 1 fully saturated rings. The van der Waals surface area contributed by atoms with Crippen LogP contribution in [0.2, 0.25) is 0 Å². The van der Waals surface area contributed by atoms with Crippen LogP contribution in [0.4, 0.5) is 0 Å². The van der Waals surface area contributed by atoms with Crippen LogP contribution in [0.15, 0.2) is 35.3 Å². The molecule has 0 spiro atoms. The lowest BCUT2D eigenvalue weighted by Gasteiger charge is -2.25. The third-order valence-corrected chi connectivity index (χ3v) is 8.84. The Hall–Kier alpha value is -5.22. The Morgan fingerprint density at radius 1 is 0.717 bits per heavy atom. The van der Waals surface area contributed by atoms with Crippen LogP contribution in [0, 0.1) is 0 Å². The number of unbranched alkanes of at least 4 members (excludes halogenated alkanes) is 2. The predicted molar refractivity (Wildman–Crippen MR) is 220 cm³/mol. The van der Waals surface area contributed by atoms with Crippen molar-refractivity contribution in [3.05, 3.63) is 35.9 Å². The number of ether oxygens (including phenoxy) is 4. The van der Waals surface area contributed by atoms with E-state index in [1.807, 2.05) is 6.07 Å². The van der Waals surface area contributed by atoms with Gasteiger partial charge >= 0.3 is 0 Å². The number of nitrogens with one attached hydrogen (secondary N) is 6. The average Bonchev–Trinajstić information content (AvgIpc) is 3.22. The summed E-state index contributed by atoms with van der Waals surface area (Å²) in [6.45, 7) is 3.44. The highest BCUT2D eigenvalue weighted by Crippen LogP contribution is 2.11. The maximum absolute atomic E-state index is 13.8. The molecule has 0 saturated carbocycles. The molecule has 336 valence electrons. The van der Waals surface area contributed by atoms with Gasteiger partial charge in [0.1, 0.15) is 37.4 Å². The van der Waals surface area contributed by atoms with Crippen molar-refractivity contribution >= 4 is 47.2 Å². The first-order valence-corrected chi connectivity index (χ1v) is 20.3. The van der Waals surface area contributed by atoms with Crippen molar-refractivity contribution in [3.63, 3.8) is 0 Å². The molecule has 2 rings (SSSR count). The van der Waals surface area contributed by atoms with E-state index in [-0.39, 0.29) is 96.1 Å². The van der Waals surface area contributed by atoms with Crippen molar-refractivity contribution in [2.24, 2.45) is 22.2 Å². The quantitative estimate of drug-likeness (QED) is 0.0243. The summed E-state index contributed by atoms with van der Waals surface area (Å²) in [6.07, 6.45) is 2.35. The molecule has 0 bridgehead atoms. The van der Waals surface area contributed by atoms with Gasteiger partial charge in [-0.25, -0.2) is 0 Å². The number of nitrogens with two attached hydrogens (primary N) is 3. The van der Waals surface area contributed by atoms with E-state index >= 15 is 0 Å². The molecular formula is C39H64N10O11. The van der Waals surface area contributed by atoms with Gasteiger partial charge < -0.3 is 68.0 Å². The Kier molecular flexibility index (Phi) is 26.1. The number of carbonyl (C=O) groups excluding carboxylic acids is 7. The Balaban J connectivity index is 1.93. The van der Waals surface area contributed by atoms with Crippen LogP contribution in [0.3, 0.4) is 0 Å². The molecule has 1 unspecified atom stereocenters. The molecule has 1 aliphatic rings. The van der Waals surface area contributed by atoms with E-state index in [1.54, 1.807) is 24.3 Å². The van der Waals surface area contributed by atoms with E-state index in [1.165, 1.54) is 6.92 Å². The molecule has 60 heavy (non-hydrogen) atoms. The molecule has 21 nitrogen and oxygen atoms in total. The number of benzene rings is 1. The summed E-state index contributed by atoms with van der Waals surface area (Å²) < 4.78 is 21.2. The van der Waals surface area contributed by atoms with E-state index in [4.69, 9.17) is 36.1 Å². The Labute approximate surface area is 350 Å². The Morgan fingerprint density at radius 3 is 2.03 bits per heavy atom. The van der Waals surface area contributed by atoms with E-state index in [0.29, 0.717) is 45.4 Å². The van der Waals surface area contributed by atoms with Crippen LogP contribution in [0.1, 0.15) is 57.4 Å². The fourth-order valence-corrected chi connectivity index (χ4v) is 5.70. The van der Waals surface area contributed by atoms with E-state index < -0.39 is 60.2 Å². The van der Waals surface area contributed by atoms with Gasteiger partial charge in [0.25, 0.3) is 0 Å². The number of aliphatic imine (C=N–C) groups is 1. The van der Waals surface area contributed by atoms with E-state index in [0.717, 1.165) is 5.56 Å². The van der Waals surface area contributed by atoms with Gasteiger partial charge in [-0.15, -0.1) is 0 Å². The molecule has 1 saturated heterocycles. The summed E-state index contributed by atoms with van der Waals surface area (Å²) in [4.78, 5) is 94.7. The molecule has 0 aliphatic carbocycles. The predicted octanol–water partition coefficient (Wildman–Crippen LogP) is -2.97. The molecule has 0 aromatic heterocycles. The maximum Gasteiger partial charge on any atom is 0.246 e. The lowest BCUT2D eigenvalue weighted by molar-refractivity contribution is -0.134. The van der Waals surface area contributed by atoms with Crippen LogP contribution < -0.4 is 49.1 Å². The van der Waals surface area contributed by atoms with Crippen molar-refractivity contribution in [1.82, 2.24) is 31.9 Å². The summed E-state index contributed by atoms with van der Waals surface area (Å²) in [5.41, 5.74) is 16.9. The average molecular weight is 849 g/mol. The second kappa shape index (κ2) is 30.8. The molecule has 6 amide bonds. The normalized spacial score (nSPS) is 19.1. The first kappa shape index (κ1) is 50.9. The molecule has 4 atom stereocenters. The first-order valence-electron chi connectivity index (χ1n) is 20.3. The van der Waals surface area contributed by atoms with Crippen LogP contribution in [0.25, 0.3) is 0 Å². The van der Waals surface area contributed by atoms with E-state index in [9.17, 15) is 33.6 Å². The molecule has 1 aromatic rings. The molecule has 0 radical (unpaired) electrons. The largest absolute Gasteiger partial charge is 0.378 e. The topological polar surface area (TPSA) is 319 Å². The molecule has 1 aliphatic heterocycles. The van der Waals surface area contributed by atoms with Gasteiger partial charge in [-0.3, -0.25) is 38.6 Å². The highest BCUT2D eigenvalue weighted by molar-refractivity contribution is 5.97. The minimum absolute atomic E-state index is 0.0904. The number of amides is 6. The summed E-state index contributed by atoms with van der Waals surface area (Å²) >= 11 is 0. The zero-order chi connectivity index (χ0) is 44.0. The number of hydrogen-bond acceptors (Lipinski definition) is 13. The number of nitrogens with zero attached hydrogens (tertiary/aromatic N) is 1. The number of guanidine groups is 1. The first-order chi connectivity index (χ1) is 28.9. The van der Waals surface area contributed by atoms with Gasteiger partial charge in [-0.1, -0.05) is 43.2 Å². The van der Waals surface area contributed by atoms with Gasteiger partial charge in [-0.2, -0.15) is 0 Å². The fraction of sp³-hybridized carbons (Fsp3) is 0.641. The molecule has 1 heterocycles. The van der Waals surface area contributed by atoms with Crippen molar-refractivity contribution in [2.75, 3.05) is 79.0 Å². The zero-order valence-corrected chi connectivity index (χ0v) is 34.5. The van der Waals surface area contributed by atoms with Crippen molar-refractivity contribution in [2.45, 2.75) is 82.5 Å². The summed E-state index contributed by atoms with van der Waals surface area (Å²) in [5, 5.41) is 15.8. The zero-order valence-electron chi connectivity index (χ0n) is 34.5. The van der Waals surface area contributed by atoms with Crippen LogP contribution in [-0.2, 0) is 58.9 Å². The smallest absolute Gasteiger partial charge is 0.246 e.